The molecule has 4 nitrogen and oxygen atoms in total. The van der Waals surface area contributed by atoms with E-state index in [2.05, 4.69) is 4.98 Å². The maximum Gasteiger partial charge on any atom is 0.281 e. The molecule has 0 N–H and O–H groups in total. The maximum atomic E-state index is 12.3. The molecule has 0 bridgehead atoms. The Labute approximate surface area is 138 Å². The third kappa shape index (κ3) is 3.19. The SMILES string of the molecule is Cc1ccc(C(=O)CSc2nc(=O)c3ccccc3n2C)cc1. The first-order chi connectivity index (χ1) is 11.1. The molecular formula is C18H16N2O2S. The van der Waals surface area contributed by atoms with Crippen LogP contribution in [-0.4, -0.2) is 21.1 Å². The van der Waals surface area contributed by atoms with E-state index in [1.54, 1.807) is 6.07 Å². The van der Waals surface area contributed by atoms with Gasteiger partial charge in [-0.05, 0) is 19.1 Å². The second kappa shape index (κ2) is 6.38. The minimum Gasteiger partial charge on any atom is -0.323 e. The molecule has 0 aliphatic rings. The third-order valence-electron chi connectivity index (χ3n) is 3.69. The highest BCUT2D eigenvalue weighted by atomic mass is 32.2. The lowest BCUT2D eigenvalue weighted by Gasteiger charge is -2.10. The minimum absolute atomic E-state index is 0.0254. The van der Waals surface area contributed by atoms with Gasteiger partial charge < -0.3 is 4.57 Å². The van der Waals surface area contributed by atoms with Crippen LogP contribution in [0.4, 0.5) is 0 Å². The van der Waals surface area contributed by atoms with Crippen molar-refractivity contribution in [2.45, 2.75) is 12.1 Å². The van der Waals surface area contributed by atoms with Gasteiger partial charge in [-0.15, -0.1) is 0 Å². The lowest BCUT2D eigenvalue weighted by Crippen LogP contribution is -2.15. The van der Waals surface area contributed by atoms with Crippen LogP contribution in [0, 0.1) is 6.92 Å². The van der Waals surface area contributed by atoms with E-state index in [9.17, 15) is 9.59 Å². The van der Waals surface area contributed by atoms with E-state index in [4.69, 9.17) is 0 Å². The fourth-order valence-corrected chi connectivity index (χ4v) is 3.22. The van der Waals surface area contributed by atoms with Crippen LogP contribution in [0.25, 0.3) is 10.9 Å². The summed E-state index contributed by atoms with van der Waals surface area (Å²) in [6.07, 6.45) is 0. The molecule has 0 saturated carbocycles. The van der Waals surface area contributed by atoms with Crippen LogP contribution in [-0.2, 0) is 7.05 Å². The molecule has 0 radical (unpaired) electrons. The number of thioether (sulfide) groups is 1. The number of Topliss-reactive ketones (excluding diaryl/α,β-unsaturated/α-hetero) is 1. The Morgan fingerprint density at radius 2 is 1.83 bits per heavy atom. The van der Waals surface area contributed by atoms with Crippen molar-refractivity contribution in [1.29, 1.82) is 0 Å². The zero-order chi connectivity index (χ0) is 16.4. The number of hydrogen-bond donors (Lipinski definition) is 0. The van der Waals surface area contributed by atoms with Crippen LogP contribution in [0.5, 0.6) is 0 Å². The normalized spacial score (nSPS) is 10.9. The van der Waals surface area contributed by atoms with Gasteiger partial charge in [0.2, 0.25) is 0 Å². The predicted octanol–water partition coefficient (Wildman–Crippen LogP) is 3.22. The number of carbonyl (C=O) groups is 1. The number of ketones is 1. The average Bonchev–Trinajstić information content (AvgIpc) is 2.57. The summed E-state index contributed by atoms with van der Waals surface area (Å²) in [6, 6.07) is 14.8. The molecule has 0 atom stereocenters. The molecular weight excluding hydrogens is 308 g/mol. The average molecular weight is 324 g/mol. The van der Waals surface area contributed by atoms with Crippen LogP contribution < -0.4 is 5.56 Å². The van der Waals surface area contributed by atoms with Crippen molar-refractivity contribution >= 4 is 28.4 Å². The molecule has 23 heavy (non-hydrogen) atoms. The molecule has 1 aromatic heterocycles. The van der Waals surface area contributed by atoms with E-state index in [-0.39, 0.29) is 17.1 Å². The van der Waals surface area contributed by atoms with Gasteiger partial charge in [-0.2, -0.15) is 4.98 Å². The smallest absolute Gasteiger partial charge is 0.281 e. The first-order valence-corrected chi connectivity index (χ1v) is 8.23. The van der Waals surface area contributed by atoms with Crippen molar-refractivity contribution < 1.29 is 4.79 Å². The monoisotopic (exact) mass is 324 g/mol. The Balaban J connectivity index is 1.85. The molecule has 1 heterocycles. The number of rotatable bonds is 4. The highest BCUT2D eigenvalue weighted by molar-refractivity contribution is 7.99. The predicted molar refractivity (Wildman–Crippen MR) is 93.2 cm³/mol. The number of aryl methyl sites for hydroxylation is 2. The van der Waals surface area contributed by atoms with Crippen LogP contribution in [0.3, 0.4) is 0 Å². The van der Waals surface area contributed by atoms with Gasteiger partial charge >= 0.3 is 0 Å². The molecule has 0 aliphatic heterocycles. The van der Waals surface area contributed by atoms with Crippen LogP contribution in [0.2, 0.25) is 0 Å². The summed E-state index contributed by atoms with van der Waals surface area (Å²) in [6.45, 7) is 1.98. The highest BCUT2D eigenvalue weighted by Crippen LogP contribution is 2.19. The van der Waals surface area contributed by atoms with Gasteiger partial charge in [-0.1, -0.05) is 53.7 Å². The molecule has 0 saturated heterocycles. The lowest BCUT2D eigenvalue weighted by molar-refractivity contribution is 0.102. The van der Waals surface area contributed by atoms with Gasteiger partial charge in [0, 0.05) is 12.6 Å². The summed E-state index contributed by atoms with van der Waals surface area (Å²) >= 11 is 1.29. The molecule has 0 unspecified atom stereocenters. The van der Waals surface area contributed by atoms with Gasteiger partial charge in [-0.3, -0.25) is 9.59 Å². The fourth-order valence-electron chi connectivity index (χ4n) is 2.35. The number of carbonyl (C=O) groups excluding carboxylic acids is 1. The topological polar surface area (TPSA) is 52.0 Å². The van der Waals surface area contributed by atoms with Crippen LogP contribution in [0.1, 0.15) is 15.9 Å². The van der Waals surface area contributed by atoms with E-state index in [1.165, 1.54) is 11.8 Å². The largest absolute Gasteiger partial charge is 0.323 e. The van der Waals surface area contributed by atoms with Crippen molar-refractivity contribution in [3.8, 4) is 0 Å². The lowest BCUT2D eigenvalue weighted by atomic mass is 10.1. The number of benzene rings is 2. The van der Waals surface area contributed by atoms with E-state index >= 15 is 0 Å². The van der Waals surface area contributed by atoms with Crippen molar-refractivity contribution in [2.24, 2.45) is 7.05 Å². The first-order valence-electron chi connectivity index (χ1n) is 7.24. The summed E-state index contributed by atoms with van der Waals surface area (Å²) in [5.74, 6) is 0.277. The van der Waals surface area contributed by atoms with Crippen molar-refractivity contribution in [3.05, 3.63) is 70.0 Å². The number of para-hydroxylation sites is 1. The Hall–Kier alpha value is -2.40. The summed E-state index contributed by atoms with van der Waals surface area (Å²) < 4.78 is 1.85. The van der Waals surface area contributed by atoms with Crippen LogP contribution in [0.15, 0.2) is 58.5 Å². The number of nitrogens with zero attached hydrogens (tertiary/aromatic N) is 2. The number of aromatic nitrogens is 2. The number of hydrogen-bond acceptors (Lipinski definition) is 4. The third-order valence-corrected chi connectivity index (χ3v) is 4.72. The zero-order valence-corrected chi connectivity index (χ0v) is 13.8. The van der Waals surface area contributed by atoms with Crippen molar-refractivity contribution in [2.75, 3.05) is 5.75 Å². The van der Waals surface area contributed by atoms with E-state index < -0.39 is 0 Å². The summed E-state index contributed by atoms with van der Waals surface area (Å²) in [5.41, 5.74) is 2.35. The van der Waals surface area contributed by atoms with E-state index in [1.807, 2.05) is 61.0 Å². The molecule has 0 amide bonds. The summed E-state index contributed by atoms with van der Waals surface area (Å²) in [4.78, 5) is 28.4. The first kappa shape index (κ1) is 15.5. The zero-order valence-electron chi connectivity index (χ0n) is 12.9. The standard InChI is InChI=1S/C18H16N2O2S/c1-12-7-9-13(10-8-12)16(21)11-23-18-19-17(22)14-5-3-4-6-15(14)20(18)2/h3-10H,11H2,1-2H3. The Kier molecular flexibility index (Phi) is 4.30. The fraction of sp³-hybridized carbons (Fsp3) is 0.167. The molecule has 5 heteroatoms. The van der Waals surface area contributed by atoms with E-state index in [0.717, 1.165) is 11.1 Å². The Morgan fingerprint density at radius 3 is 2.57 bits per heavy atom. The molecule has 0 spiro atoms. The van der Waals surface area contributed by atoms with Crippen molar-refractivity contribution in [1.82, 2.24) is 9.55 Å². The quantitative estimate of drug-likeness (QED) is 0.420. The summed E-state index contributed by atoms with van der Waals surface area (Å²) in [7, 11) is 1.85. The molecule has 3 rings (SSSR count). The summed E-state index contributed by atoms with van der Waals surface area (Å²) in [5, 5.41) is 1.14. The molecule has 2 aromatic carbocycles. The van der Waals surface area contributed by atoms with Gasteiger partial charge in [0.25, 0.3) is 5.56 Å². The van der Waals surface area contributed by atoms with E-state index in [0.29, 0.717) is 16.1 Å². The minimum atomic E-state index is -0.260. The second-order valence-electron chi connectivity index (χ2n) is 5.35. The van der Waals surface area contributed by atoms with Crippen molar-refractivity contribution in [3.63, 3.8) is 0 Å². The molecule has 0 fully saturated rings. The van der Waals surface area contributed by atoms with Gasteiger partial charge in [0.05, 0.1) is 16.7 Å². The van der Waals surface area contributed by atoms with Gasteiger partial charge in [0.15, 0.2) is 10.9 Å². The highest BCUT2D eigenvalue weighted by Gasteiger charge is 2.11. The molecule has 0 aliphatic carbocycles. The maximum absolute atomic E-state index is 12.3. The van der Waals surface area contributed by atoms with Crippen LogP contribution >= 0.6 is 11.8 Å². The Bertz CT molecular complexity index is 930. The van der Waals surface area contributed by atoms with Gasteiger partial charge in [0.1, 0.15) is 0 Å². The molecule has 3 aromatic rings. The molecule has 116 valence electrons. The van der Waals surface area contributed by atoms with Gasteiger partial charge in [-0.25, -0.2) is 0 Å². The number of fused-ring (bicyclic) bond motifs is 1. The Morgan fingerprint density at radius 1 is 1.13 bits per heavy atom. The second-order valence-corrected chi connectivity index (χ2v) is 6.30.